The summed E-state index contributed by atoms with van der Waals surface area (Å²) in [5, 5.41) is 0. The fraction of sp³-hybridized carbons (Fsp3) is 0.440. The first-order valence-corrected chi connectivity index (χ1v) is 11.1. The van der Waals surface area contributed by atoms with Crippen LogP contribution in [0.25, 0.3) is 11.1 Å². The minimum Gasteiger partial charge on any atom is -0.381 e. The molecular weight excluding hydrogens is 414 g/mol. The minimum absolute atomic E-state index is 0.0463. The molecule has 2 aromatic carbocycles. The molecule has 0 radical (unpaired) electrons. The maximum Gasteiger partial charge on any atom is 0.229 e. The van der Waals surface area contributed by atoms with Gasteiger partial charge in [0.2, 0.25) is 11.8 Å². The van der Waals surface area contributed by atoms with Gasteiger partial charge in [-0.1, -0.05) is 30.3 Å². The molecule has 7 heteroatoms. The Morgan fingerprint density at radius 3 is 2.53 bits per heavy atom. The lowest BCUT2D eigenvalue weighted by molar-refractivity contribution is -0.150. The maximum absolute atomic E-state index is 13.7. The van der Waals surface area contributed by atoms with Crippen LogP contribution in [0.1, 0.15) is 31.2 Å². The van der Waals surface area contributed by atoms with Crippen molar-refractivity contribution in [1.82, 2.24) is 4.90 Å². The maximum atomic E-state index is 13.7. The molecule has 170 valence electrons. The van der Waals surface area contributed by atoms with Crippen molar-refractivity contribution in [3.8, 4) is 11.1 Å². The molecule has 32 heavy (non-hydrogen) atoms. The number of primary amides is 1. The predicted octanol–water partition coefficient (Wildman–Crippen LogP) is 3.70. The van der Waals surface area contributed by atoms with Crippen molar-refractivity contribution in [1.29, 1.82) is 0 Å². The van der Waals surface area contributed by atoms with Crippen LogP contribution < -0.4 is 5.73 Å². The van der Waals surface area contributed by atoms with E-state index in [1.54, 1.807) is 11.0 Å². The molecule has 0 bridgehead atoms. The molecule has 4 rings (SSSR count). The molecule has 0 saturated carbocycles. The highest BCUT2D eigenvalue weighted by Crippen LogP contribution is 2.38. The van der Waals surface area contributed by atoms with E-state index < -0.39 is 17.0 Å². The van der Waals surface area contributed by atoms with Crippen LogP contribution in [-0.4, -0.2) is 43.0 Å². The average Bonchev–Trinajstić information content (AvgIpc) is 2.81. The van der Waals surface area contributed by atoms with Gasteiger partial charge in [-0.05, 0) is 60.9 Å². The highest BCUT2D eigenvalue weighted by Gasteiger charge is 2.44. The van der Waals surface area contributed by atoms with Gasteiger partial charge < -0.3 is 15.4 Å². The highest BCUT2D eigenvalue weighted by molar-refractivity contribution is 5.85. The average molecular weight is 443 g/mol. The second-order valence-electron chi connectivity index (χ2n) is 8.89. The minimum atomic E-state index is -0.891. The number of amides is 2. The number of carbonyl (C=O) groups excluding carboxylic acids is 2. The van der Waals surface area contributed by atoms with E-state index in [0.29, 0.717) is 57.6 Å². The molecule has 1 unspecified atom stereocenters. The molecule has 0 aromatic heterocycles. The number of hydrogen-bond acceptors (Lipinski definition) is 3. The van der Waals surface area contributed by atoms with Gasteiger partial charge in [-0.2, -0.15) is 0 Å². The zero-order chi connectivity index (χ0) is 22.7. The van der Waals surface area contributed by atoms with E-state index in [0.717, 1.165) is 23.6 Å². The van der Waals surface area contributed by atoms with Gasteiger partial charge in [0.25, 0.3) is 0 Å². The third kappa shape index (κ3) is 4.67. The molecule has 2 aliphatic rings. The number of rotatable bonds is 5. The van der Waals surface area contributed by atoms with Gasteiger partial charge in [0.05, 0.1) is 11.3 Å². The summed E-state index contributed by atoms with van der Waals surface area (Å²) in [6.45, 7) is 2.00. The van der Waals surface area contributed by atoms with Gasteiger partial charge in [-0.3, -0.25) is 9.59 Å². The number of hydrogen-bond donors (Lipinski definition) is 1. The Kier molecular flexibility index (Phi) is 6.55. The number of carbonyl (C=O) groups is 2. The first kappa shape index (κ1) is 22.4. The lowest BCUT2D eigenvalue weighted by atomic mass is 9.73. The Balaban J connectivity index is 1.59. The second-order valence-corrected chi connectivity index (χ2v) is 8.89. The number of benzene rings is 2. The van der Waals surface area contributed by atoms with E-state index >= 15 is 0 Å². The van der Waals surface area contributed by atoms with Crippen molar-refractivity contribution in [2.24, 2.45) is 17.1 Å². The van der Waals surface area contributed by atoms with E-state index in [1.165, 1.54) is 6.07 Å². The molecule has 2 fully saturated rings. The lowest BCUT2D eigenvalue weighted by Crippen LogP contribution is -2.52. The Morgan fingerprint density at radius 2 is 1.81 bits per heavy atom. The monoisotopic (exact) mass is 442 g/mol. The smallest absolute Gasteiger partial charge is 0.229 e. The summed E-state index contributed by atoms with van der Waals surface area (Å²) in [4.78, 5) is 27.2. The summed E-state index contributed by atoms with van der Waals surface area (Å²) >= 11 is 0. The van der Waals surface area contributed by atoms with Crippen LogP contribution in [0.15, 0.2) is 42.5 Å². The summed E-state index contributed by atoms with van der Waals surface area (Å²) < 4.78 is 32.6. The summed E-state index contributed by atoms with van der Waals surface area (Å²) in [6.07, 6.45) is 3.19. The quantitative estimate of drug-likeness (QED) is 0.768. The zero-order valence-corrected chi connectivity index (χ0v) is 18.0. The van der Waals surface area contributed by atoms with Crippen molar-refractivity contribution >= 4 is 11.8 Å². The summed E-state index contributed by atoms with van der Waals surface area (Å²) in [6, 6.07) is 11.4. The lowest BCUT2D eigenvalue weighted by Gasteiger charge is -2.42. The molecule has 2 amide bonds. The molecule has 0 aliphatic carbocycles. The van der Waals surface area contributed by atoms with E-state index in [2.05, 4.69) is 0 Å². The number of likely N-dealkylation sites (tertiary alicyclic amines) is 1. The first-order valence-electron chi connectivity index (χ1n) is 11.1. The van der Waals surface area contributed by atoms with Crippen LogP contribution in [0.4, 0.5) is 8.78 Å². The van der Waals surface area contributed by atoms with Crippen molar-refractivity contribution in [3.05, 3.63) is 59.7 Å². The zero-order valence-electron chi connectivity index (χ0n) is 18.0. The van der Waals surface area contributed by atoms with Gasteiger partial charge in [-0.25, -0.2) is 8.78 Å². The van der Waals surface area contributed by atoms with Gasteiger partial charge in [0.15, 0.2) is 11.6 Å². The van der Waals surface area contributed by atoms with Crippen LogP contribution in [0.5, 0.6) is 0 Å². The number of nitrogens with zero attached hydrogens (tertiary/aromatic N) is 1. The number of nitrogens with two attached hydrogens (primary N) is 1. The predicted molar refractivity (Wildman–Crippen MR) is 116 cm³/mol. The first-order chi connectivity index (χ1) is 15.4. The molecule has 5 nitrogen and oxygen atoms in total. The summed E-state index contributed by atoms with van der Waals surface area (Å²) in [5.41, 5.74) is 7.19. The Bertz CT molecular complexity index is 1000. The summed E-state index contributed by atoms with van der Waals surface area (Å²) in [5.74, 6) is -2.39. The topological polar surface area (TPSA) is 72.6 Å². The van der Waals surface area contributed by atoms with E-state index in [1.807, 2.05) is 24.3 Å². The van der Waals surface area contributed by atoms with Gasteiger partial charge in [-0.15, -0.1) is 0 Å². The van der Waals surface area contributed by atoms with Crippen LogP contribution in [0, 0.1) is 23.0 Å². The van der Waals surface area contributed by atoms with E-state index in [-0.39, 0.29) is 17.7 Å². The molecule has 2 N–H and O–H groups in total. The van der Waals surface area contributed by atoms with Crippen LogP contribution in [-0.2, 0) is 20.7 Å². The number of halogens is 2. The second kappa shape index (κ2) is 9.36. The number of ether oxygens (including phenoxy) is 1. The molecule has 2 aliphatic heterocycles. The molecular formula is C25H28F2N2O3. The van der Waals surface area contributed by atoms with Crippen LogP contribution in [0.3, 0.4) is 0 Å². The molecule has 2 heterocycles. The van der Waals surface area contributed by atoms with Crippen molar-refractivity contribution in [2.75, 3.05) is 26.3 Å². The molecule has 2 saturated heterocycles. The Morgan fingerprint density at radius 1 is 1.06 bits per heavy atom. The third-order valence-electron chi connectivity index (χ3n) is 6.74. The van der Waals surface area contributed by atoms with Crippen molar-refractivity contribution < 1.29 is 23.1 Å². The highest BCUT2D eigenvalue weighted by atomic mass is 19.2. The van der Waals surface area contributed by atoms with Crippen LogP contribution >= 0.6 is 0 Å². The van der Waals surface area contributed by atoms with E-state index in [9.17, 15) is 18.4 Å². The normalized spacial score (nSPS) is 20.7. The van der Waals surface area contributed by atoms with Gasteiger partial charge >= 0.3 is 0 Å². The Labute approximate surface area is 186 Å². The number of piperidine rings is 1. The van der Waals surface area contributed by atoms with E-state index in [4.69, 9.17) is 10.5 Å². The largest absolute Gasteiger partial charge is 0.381 e. The van der Waals surface area contributed by atoms with Gasteiger partial charge in [0.1, 0.15) is 0 Å². The molecule has 1 atom stereocenters. The standard InChI is InChI=1S/C25H28F2N2O3/c26-21-7-6-19(14-22(21)27)18-4-1-3-17(13-18)15-25(8-11-32-12-9-25)24(31)29-10-2-5-20(16-29)23(28)30/h1,3-4,6-7,13-14,20H,2,5,8-12,15-16H2,(H2,28,30). The fourth-order valence-electron chi connectivity index (χ4n) is 4.88. The Hall–Kier alpha value is -2.80. The third-order valence-corrected chi connectivity index (χ3v) is 6.74. The molecule has 0 spiro atoms. The summed E-state index contributed by atoms with van der Waals surface area (Å²) in [7, 11) is 0. The van der Waals surface area contributed by atoms with Gasteiger partial charge in [0, 0.05) is 26.3 Å². The van der Waals surface area contributed by atoms with Crippen LogP contribution in [0.2, 0.25) is 0 Å². The van der Waals surface area contributed by atoms with Crippen molar-refractivity contribution in [2.45, 2.75) is 32.1 Å². The van der Waals surface area contributed by atoms with Crippen molar-refractivity contribution in [3.63, 3.8) is 0 Å². The SMILES string of the molecule is NC(=O)C1CCCN(C(=O)C2(Cc3cccc(-c4ccc(F)c(F)c4)c3)CCOCC2)C1. The molecule has 2 aromatic rings. The fourth-order valence-corrected chi connectivity index (χ4v) is 4.88.